The SMILES string of the molecule is CS(=O)(=O)O.Cc1c2ccncc2c(C)c2c1[nH]c1ccc(OC(=O)CCC(=O)O)cc12. The zero-order valence-corrected chi connectivity index (χ0v) is 18.5. The van der Waals surface area contributed by atoms with Crippen molar-refractivity contribution in [3.8, 4) is 5.75 Å². The summed E-state index contributed by atoms with van der Waals surface area (Å²) in [6, 6.07) is 7.42. The number of carboxylic acid groups (broad SMARTS) is 1. The molecule has 4 aromatic rings. The Balaban J connectivity index is 0.000000523. The van der Waals surface area contributed by atoms with Crippen molar-refractivity contribution in [1.29, 1.82) is 0 Å². The summed E-state index contributed by atoms with van der Waals surface area (Å²) >= 11 is 0. The van der Waals surface area contributed by atoms with E-state index in [-0.39, 0.29) is 12.8 Å². The molecule has 0 spiro atoms. The van der Waals surface area contributed by atoms with Crippen LogP contribution in [-0.2, 0) is 19.7 Å². The number of pyridine rings is 1. The van der Waals surface area contributed by atoms with Gasteiger partial charge in [-0.15, -0.1) is 0 Å². The van der Waals surface area contributed by atoms with Gasteiger partial charge in [0.05, 0.1) is 24.6 Å². The number of aryl methyl sites for hydroxylation is 2. The first-order valence-corrected chi connectivity index (χ1v) is 11.4. The van der Waals surface area contributed by atoms with E-state index < -0.39 is 22.1 Å². The molecule has 0 aliphatic heterocycles. The number of aromatic amines is 1. The molecule has 10 heteroatoms. The van der Waals surface area contributed by atoms with E-state index in [1.165, 1.54) is 0 Å². The number of rotatable bonds is 4. The molecule has 2 aromatic carbocycles. The van der Waals surface area contributed by atoms with Gasteiger partial charge in [0.2, 0.25) is 0 Å². The highest BCUT2D eigenvalue weighted by molar-refractivity contribution is 7.85. The van der Waals surface area contributed by atoms with Crippen LogP contribution in [0.3, 0.4) is 0 Å². The zero-order valence-electron chi connectivity index (χ0n) is 17.7. The number of benzene rings is 2. The summed E-state index contributed by atoms with van der Waals surface area (Å²) in [7, 11) is -3.67. The zero-order chi connectivity index (χ0) is 23.6. The van der Waals surface area contributed by atoms with Gasteiger partial charge in [-0.1, -0.05) is 0 Å². The molecule has 0 amide bonds. The molecule has 9 nitrogen and oxygen atoms in total. The second kappa shape index (κ2) is 8.93. The maximum absolute atomic E-state index is 11.8. The highest BCUT2D eigenvalue weighted by Crippen LogP contribution is 2.37. The summed E-state index contributed by atoms with van der Waals surface area (Å²) in [4.78, 5) is 30.2. The van der Waals surface area contributed by atoms with E-state index >= 15 is 0 Å². The normalized spacial score (nSPS) is 11.4. The smallest absolute Gasteiger partial charge is 0.311 e. The molecule has 0 aliphatic rings. The van der Waals surface area contributed by atoms with Gasteiger partial charge in [-0.25, -0.2) is 0 Å². The van der Waals surface area contributed by atoms with E-state index in [0.29, 0.717) is 12.0 Å². The van der Waals surface area contributed by atoms with E-state index in [1.54, 1.807) is 12.3 Å². The third-order valence-electron chi connectivity index (χ3n) is 4.92. The molecule has 0 saturated carbocycles. The molecule has 0 saturated heterocycles. The van der Waals surface area contributed by atoms with Gasteiger partial charge < -0.3 is 14.8 Å². The second-order valence-corrected chi connectivity index (χ2v) is 8.82. The third-order valence-corrected chi connectivity index (χ3v) is 4.92. The van der Waals surface area contributed by atoms with Gasteiger partial charge in [0.25, 0.3) is 10.1 Å². The van der Waals surface area contributed by atoms with Crippen LogP contribution in [0.25, 0.3) is 32.6 Å². The van der Waals surface area contributed by atoms with Crippen molar-refractivity contribution in [3.05, 3.63) is 47.8 Å². The van der Waals surface area contributed by atoms with E-state index in [1.807, 2.05) is 24.4 Å². The molecular formula is C22H22N2O7S. The van der Waals surface area contributed by atoms with E-state index in [4.69, 9.17) is 14.4 Å². The highest BCUT2D eigenvalue weighted by atomic mass is 32.2. The summed E-state index contributed by atoms with van der Waals surface area (Å²) in [5.74, 6) is -1.17. The van der Waals surface area contributed by atoms with E-state index in [9.17, 15) is 18.0 Å². The fraction of sp³-hybridized carbons (Fsp3) is 0.227. The van der Waals surface area contributed by atoms with Crippen LogP contribution in [0.2, 0.25) is 0 Å². The molecule has 2 aromatic heterocycles. The maximum atomic E-state index is 11.8. The predicted molar refractivity (Wildman–Crippen MR) is 121 cm³/mol. The molecule has 0 aliphatic carbocycles. The second-order valence-electron chi connectivity index (χ2n) is 7.35. The quantitative estimate of drug-likeness (QED) is 0.238. The topological polar surface area (TPSA) is 147 Å². The number of fused-ring (bicyclic) bond motifs is 4. The van der Waals surface area contributed by atoms with Crippen LogP contribution >= 0.6 is 0 Å². The van der Waals surface area contributed by atoms with Crippen LogP contribution in [0, 0.1) is 13.8 Å². The Bertz CT molecular complexity index is 1450. The van der Waals surface area contributed by atoms with Crippen molar-refractivity contribution in [3.63, 3.8) is 0 Å². The Kier molecular flexibility index (Phi) is 6.47. The molecule has 4 rings (SSSR count). The summed E-state index contributed by atoms with van der Waals surface area (Å²) < 4.78 is 31.2. The average molecular weight is 458 g/mol. The van der Waals surface area contributed by atoms with Crippen LogP contribution in [0.5, 0.6) is 5.75 Å². The number of carbonyl (C=O) groups is 2. The Morgan fingerprint density at radius 3 is 2.41 bits per heavy atom. The fourth-order valence-corrected chi connectivity index (χ4v) is 3.59. The number of hydrogen-bond acceptors (Lipinski definition) is 6. The molecule has 168 valence electrons. The lowest BCUT2D eigenvalue weighted by atomic mass is 9.97. The van der Waals surface area contributed by atoms with Gasteiger partial charge in [-0.2, -0.15) is 8.42 Å². The fourth-order valence-electron chi connectivity index (χ4n) is 3.59. The molecule has 3 N–H and O–H groups in total. The number of H-pyrrole nitrogens is 1. The maximum Gasteiger partial charge on any atom is 0.311 e. The number of carboxylic acids is 1. The van der Waals surface area contributed by atoms with Gasteiger partial charge >= 0.3 is 11.9 Å². The summed E-state index contributed by atoms with van der Waals surface area (Å²) in [5, 5.41) is 13.0. The van der Waals surface area contributed by atoms with Gasteiger partial charge in [0, 0.05) is 34.1 Å². The third kappa shape index (κ3) is 5.21. The number of aromatic nitrogens is 2. The Hall–Kier alpha value is -3.50. The Labute approximate surface area is 183 Å². The van der Waals surface area contributed by atoms with E-state index in [2.05, 4.69) is 23.8 Å². The summed E-state index contributed by atoms with van der Waals surface area (Å²) in [6.45, 7) is 4.14. The first-order chi connectivity index (χ1) is 15.0. The first-order valence-electron chi connectivity index (χ1n) is 9.59. The number of ether oxygens (including phenoxy) is 1. The van der Waals surface area contributed by atoms with Crippen LogP contribution in [0.15, 0.2) is 36.7 Å². The monoisotopic (exact) mass is 458 g/mol. The predicted octanol–water partition coefficient (Wildman–Crippen LogP) is 3.76. The standard InChI is InChI=1S/C21H18N2O4.CH4O3S/c1-11-16-10-22-8-7-14(16)12(2)21-20(11)15-9-13(3-4-17(15)23-21)27-19(26)6-5-18(24)25;1-5(2,3)4/h3-4,7-10,23H,5-6H2,1-2H3,(H,24,25);1H3,(H,2,3,4). The van der Waals surface area contributed by atoms with Crippen molar-refractivity contribution >= 4 is 54.6 Å². The molecule has 0 bridgehead atoms. The Morgan fingerprint density at radius 1 is 1.06 bits per heavy atom. The van der Waals surface area contributed by atoms with Crippen molar-refractivity contribution in [2.24, 2.45) is 0 Å². The van der Waals surface area contributed by atoms with Crippen LogP contribution in [0.4, 0.5) is 0 Å². The van der Waals surface area contributed by atoms with Gasteiger partial charge in [-0.05, 0) is 54.6 Å². The molecule has 0 radical (unpaired) electrons. The Morgan fingerprint density at radius 2 is 1.75 bits per heavy atom. The van der Waals surface area contributed by atoms with E-state index in [0.717, 1.165) is 43.7 Å². The number of nitrogens with one attached hydrogen (secondary N) is 1. The lowest BCUT2D eigenvalue weighted by molar-refractivity contribution is -0.142. The number of carbonyl (C=O) groups excluding carboxylic acids is 1. The summed E-state index contributed by atoms with van der Waals surface area (Å²) in [5.41, 5.74) is 4.25. The van der Waals surface area contributed by atoms with Crippen LogP contribution in [-0.4, -0.2) is 46.2 Å². The number of nitrogens with zero attached hydrogens (tertiary/aromatic N) is 1. The van der Waals surface area contributed by atoms with Crippen molar-refractivity contribution in [2.45, 2.75) is 26.7 Å². The van der Waals surface area contributed by atoms with Gasteiger partial charge in [0.1, 0.15) is 5.75 Å². The molecule has 2 heterocycles. The molecule has 0 unspecified atom stereocenters. The number of esters is 1. The van der Waals surface area contributed by atoms with Crippen molar-refractivity contribution < 1.29 is 32.4 Å². The minimum atomic E-state index is -3.67. The van der Waals surface area contributed by atoms with Gasteiger partial charge in [0.15, 0.2) is 0 Å². The summed E-state index contributed by atoms with van der Waals surface area (Å²) in [6.07, 6.45) is 3.97. The minimum absolute atomic E-state index is 0.157. The van der Waals surface area contributed by atoms with Crippen LogP contribution in [0.1, 0.15) is 24.0 Å². The first kappa shape index (κ1) is 23.2. The number of hydrogen-bond donors (Lipinski definition) is 3. The highest BCUT2D eigenvalue weighted by Gasteiger charge is 2.15. The number of aliphatic carboxylic acids is 1. The lowest BCUT2D eigenvalue weighted by Gasteiger charge is -2.08. The molecule has 32 heavy (non-hydrogen) atoms. The largest absolute Gasteiger partial charge is 0.481 e. The molecule has 0 atom stereocenters. The van der Waals surface area contributed by atoms with Crippen LogP contribution < -0.4 is 4.74 Å². The average Bonchev–Trinajstić information content (AvgIpc) is 3.08. The van der Waals surface area contributed by atoms with Crippen molar-refractivity contribution in [2.75, 3.05) is 6.26 Å². The minimum Gasteiger partial charge on any atom is -0.481 e. The lowest BCUT2D eigenvalue weighted by Crippen LogP contribution is -2.10. The van der Waals surface area contributed by atoms with Gasteiger partial charge in [-0.3, -0.25) is 19.1 Å². The molecule has 0 fully saturated rings. The van der Waals surface area contributed by atoms with Crippen molar-refractivity contribution in [1.82, 2.24) is 9.97 Å². The molecular weight excluding hydrogens is 436 g/mol.